The molecule has 5 nitrogen and oxygen atoms in total. The van der Waals surface area contributed by atoms with Crippen LogP contribution in [0.15, 0.2) is 24.3 Å². The van der Waals surface area contributed by atoms with E-state index in [2.05, 4.69) is 5.32 Å². The summed E-state index contributed by atoms with van der Waals surface area (Å²) in [6.07, 6.45) is 1.45. The summed E-state index contributed by atoms with van der Waals surface area (Å²) in [6.45, 7) is 6.57. The van der Waals surface area contributed by atoms with Crippen LogP contribution in [-0.2, 0) is 9.59 Å². The first-order valence-corrected chi connectivity index (χ1v) is 7.88. The highest BCUT2D eigenvalue weighted by molar-refractivity contribution is 6.01. The molecular weight excluding hydrogens is 278 g/mol. The Balaban J connectivity index is 1.99. The first kappa shape index (κ1) is 16.5. The van der Waals surface area contributed by atoms with Crippen LogP contribution in [0.25, 0.3) is 0 Å². The van der Waals surface area contributed by atoms with E-state index in [0.717, 1.165) is 17.7 Å². The second-order valence-electron chi connectivity index (χ2n) is 6.09. The number of hydrogen-bond acceptors (Lipinski definition) is 3. The van der Waals surface area contributed by atoms with Crippen molar-refractivity contribution in [1.29, 1.82) is 0 Å². The highest BCUT2D eigenvalue weighted by Gasteiger charge is 2.34. The molecule has 1 fully saturated rings. The average molecular weight is 303 g/mol. The third-order valence-electron chi connectivity index (χ3n) is 4.43. The molecule has 0 radical (unpaired) electrons. The first-order valence-electron chi connectivity index (χ1n) is 7.88. The minimum Gasteiger partial charge on any atom is -0.343 e. The molecule has 0 aromatic heterocycles. The molecule has 1 aliphatic heterocycles. The summed E-state index contributed by atoms with van der Waals surface area (Å²) >= 11 is 0. The van der Waals surface area contributed by atoms with Crippen molar-refractivity contribution in [2.75, 3.05) is 11.4 Å². The van der Waals surface area contributed by atoms with Gasteiger partial charge in [-0.1, -0.05) is 38.0 Å². The van der Waals surface area contributed by atoms with Gasteiger partial charge in [0.2, 0.25) is 11.8 Å². The minimum absolute atomic E-state index is 0.0615. The highest BCUT2D eigenvalue weighted by Crippen LogP contribution is 2.22. The molecule has 0 aliphatic carbocycles. The van der Waals surface area contributed by atoms with Crippen molar-refractivity contribution in [3.05, 3.63) is 29.8 Å². The predicted molar refractivity (Wildman–Crippen MR) is 87.5 cm³/mol. The number of amides is 2. The number of anilines is 1. The molecule has 1 saturated heterocycles. The van der Waals surface area contributed by atoms with Gasteiger partial charge in [-0.3, -0.25) is 9.59 Å². The standard InChI is InChI=1S/C17H25N3O2/c1-4-12(3)15(18)16(21)19-14-9-10-20(17(14)22)13-7-5-11(2)6-8-13/h5-8,12,14-15H,4,9-10,18H2,1-3H3,(H,19,21). The van der Waals surface area contributed by atoms with E-state index in [1.807, 2.05) is 45.0 Å². The van der Waals surface area contributed by atoms with Crippen molar-refractivity contribution in [3.63, 3.8) is 0 Å². The van der Waals surface area contributed by atoms with Gasteiger partial charge in [-0.15, -0.1) is 0 Å². The summed E-state index contributed by atoms with van der Waals surface area (Å²) in [5, 5.41) is 2.80. The topological polar surface area (TPSA) is 75.4 Å². The van der Waals surface area contributed by atoms with Gasteiger partial charge in [-0.05, 0) is 31.4 Å². The number of nitrogens with two attached hydrogens (primary N) is 1. The summed E-state index contributed by atoms with van der Waals surface area (Å²) in [5.41, 5.74) is 7.95. The van der Waals surface area contributed by atoms with Crippen molar-refractivity contribution >= 4 is 17.5 Å². The zero-order chi connectivity index (χ0) is 16.3. The van der Waals surface area contributed by atoms with Crippen LogP contribution in [0.5, 0.6) is 0 Å². The van der Waals surface area contributed by atoms with Crippen LogP contribution in [0.1, 0.15) is 32.3 Å². The van der Waals surface area contributed by atoms with E-state index in [9.17, 15) is 9.59 Å². The molecule has 0 saturated carbocycles. The molecular formula is C17H25N3O2. The zero-order valence-electron chi connectivity index (χ0n) is 13.5. The maximum Gasteiger partial charge on any atom is 0.249 e. The minimum atomic E-state index is -0.564. The summed E-state index contributed by atoms with van der Waals surface area (Å²) in [6, 6.07) is 6.79. The first-order chi connectivity index (χ1) is 10.4. The van der Waals surface area contributed by atoms with Crippen molar-refractivity contribution < 1.29 is 9.59 Å². The SMILES string of the molecule is CCC(C)C(N)C(=O)NC1CCN(c2ccc(C)cc2)C1=O. The van der Waals surface area contributed by atoms with Crippen molar-refractivity contribution in [2.24, 2.45) is 11.7 Å². The number of carbonyl (C=O) groups excluding carboxylic acids is 2. The Morgan fingerprint density at radius 2 is 2.05 bits per heavy atom. The van der Waals surface area contributed by atoms with Crippen molar-refractivity contribution in [3.8, 4) is 0 Å². The molecule has 120 valence electrons. The van der Waals surface area contributed by atoms with Gasteiger partial charge in [0.25, 0.3) is 0 Å². The summed E-state index contributed by atoms with van der Waals surface area (Å²) in [5.74, 6) is -0.197. The molecule has 2 amide bonds. The van der Waals surface area contributed by atoms with E-state index in [-0.39, 0.29) is 17.7 Å². The summed E-state index contributed by atoms with van der Waals surface area (Å²) in [7, 11) is 0. The van der Waals surface area contributed by atoms with Gasteiger partial charge in [0.1, 0.15) is 6.04 Å². The molecule has 0 spiro atoms. The van der Waals surface area contributed by atoms with Crippen LogP contribution < -0.4 is 16.0 Å². The molecule has 1 aromatic rings. The fraction of sp³-hybridized carbons (Fsp3) is 0.529. The van der Waals surface area contributed by atoms with Gasteiger partial charge in [0, 0.05) is 12.2 Å². The Kier molecular flexibility index (Phi) is 5.19. The van der Waals surface area contributed by atoms with Crippen LogP contribution >= 0.6 is 0 Å². The molecule has 5 heteroatoms. The molecule has 2 rings (SSSR count). The lowest BCUT2D eigenvalue weighted by atomic mass is 9.99. The number of benzene rings is 1. The van der Waals surface area contributed by atoms with Crippen molar-refractivity contribution in [1.82, 2.24) is 5.32 Å². The Morgan fingerprint density at radius 1 is 1.41 bits per heavy atom. The Morgan fingerprint density at radius 3 is 2.64 bits per heavy atom. The number of nitrogens with zero attached hydrogens (tertiary/aromatic N) is 1. The molecule has 1 heterocycles. The number of hydrogen-bond donors (Lipinski definition) is 2. The number of rotatable bonds is 5. The average Bonchev–Trinajstić information content (AvgIpc) is 2.87. The van der Waals surface area contributed by atoms with E-state index in [0.29, 0.717) is 13.0 Å². The summed E-state index contributed by atoms with van der Waals surface area (Å²) < 4.78 is 0. The lowest BCUT2D eigenvalue weighted by Gasteiger charge is -2.21. The molecule has 1 aromatic carbocycles. The fourth-order valence-electron chi connectivity index (χ4n) is 2.58. The van der Waals surface area contributed by atoms with Gasteiger partial charge < -0.3 is 16.0 Å². The van der Waals surface area contributed by atoms with E-state index in [1.165, 1.54) is 0 Å². The molecule has 3 unspecified atom stereocenters. The molecule has 3 atom stereocenters. The van der Waals surface area contributed by atoms with Crippen LogP contribution in [0, 0.1) is 12.8 Å². The summed E-state index contributed by atoms with van der Waals surface area (Å²) in [4.78, 5) is 26.3. The lowest BCUT2D eigenvalue weighted by molar-refractivity contribution is -0.128. The quantitative estimate of drug-likeness (QED) is 0.867. The predicted octanol–water partition coefficient (Wildman–Crippen LogP) is 1.59. The Hall–Kier alpha value is -1.88. The molecule has 0 bridgehead atoms. The van der Waals surface area contributed by atoms with Crippen LogP contribution in [0.2, 0.25) is 0 Å². The zero-order valence-corrected chi connectivity index (χ0v) is 13.5. The number of aryl methyl sites for hydroxylation is 1. The highest BCUT2D eigenvalue weighted by atomic mass is 16.2. The van der Waals surface area contributed by atoms with E-state index in [4.69, 9.17) is 5.73 Å². The van der Waals surface area contributed by atoms with E-state index >= 15 is 0 Å². The van der Waals surface area contributed by atoms with Crippen LogP contribution in [0.4, 0.5) is 5.69 Å². The van der Waals surface area contributed by atoms with Crippen LogP contribution in [-0.4, -0.2) is 30.4 Å². The Bertz CT molecular complexity index is 541. The van der Waals surface area contributed by atoms with Gasteiger partial charge in [0.15, 0.2) is 0 Å². The number of carbonyl (C=O) groups is 2. The molecule has 3 N–H and O–H groups in total. The number of nitrogens with one attached hydrogen (secondary N) is 1. The van der Waals surface area contributed by atoms with E-state index in [1.54, 1.807) is 4.90 Å². The molecule has 1 aliphatic rings. The van der Waals surface area contributed by atoms with Crippen LogP contribution in [0.3, 0.4) is 0 Å². The molecule has 22 heavy (non-hydrogen) atoms. The second-order valence-corrected chi connectivity index (χ2v) is 6.09. The van der Waals surface area contributed by atoms with Gasteiger partial charge in [0.05, 0.1) is 6.04 Å². The normalized spacial score (nSPS) is 20.8. The largest absolute Gasteiger partial charge is 0.343 e. The van der Waals surface area contributed by atoms with Gasteiger partial charge >= 0.3 is 0 Å². The monoisotopic (exact) mass is 303 g/mol. The third kappa shape index (κ3) is 3.47. The third-order valence-corrected chi connectivity index (χ3v) is 4.43. The van der Waals surface area contributed by atoms with Gasteiger partial charge in [-0.25, -0.2) is 0 Å². The Labute approximate surface area is 131 Å². The van der Waals surface area contributed by atoms with Crippen molar-refractivity contribution in [2.45, 2.75) is 45.7 Å². The fourth-order valence-corrected chi connectivity index (χ4v) is 2.58. The maximum absolute atomic E-state index is 12.5. The van der Waals surface area contributed by atoms with Gasteiger partial charge in [-0.2, -0.15) is 0 Å². The smallest absolute Gasteiger partial charge is 0.249 e. The second kappa shape index (κ2) is 6.92. The van der Waals surface area contributed by atoms with E-state index < -0.39 is 12.1 Å². The maximum atomic E-state index is 12.5. The lowest BCUT2D eigenvalue weighted by Crippen LogP contribution is -2.50.